The Hall–Kier alpha value is -2.13. The van der Waals surface area contributed by atoms with E-state index in [-0.39, 0.29) is 23.3 Å². The molecule has 0 saturated heterocycles. The third-order valence-electron chi connectivity index (χ3n) is 3.19. The van der Waals surface area contributed by atoms with Gasteiger partial charge >= 0.3 is 12.4 Å². The summed E-state index contributed by atoms with van der Waals surface area (Å²) in [7, 11) is 0. The van der Waals surface area contributed by atoms with E-state index < -0.39 is 37.2 Å². The molecule has 1 atom stereocenters. The van der Waals surface area contributed by atoms with Crippen molar-refractivity contribution in [2.24, 2.45) is 5.92 Å². The van der Waals surface area contributed by atoms with E-state index in [1.54, 1.807) is 6.92 Å². The number of benzene rings is 1. The molecule has 1 amide bonds. The van der Waals surface area contributed by atoms with Crippen molar-refractivity contribution >= 4 is 5.91 Å². The van der Waals surface area contributed by atoms with Crippen molar-refractivity contribution in [1.82, 2.24) is 5.32 Å². The average molecular weight is 401 g/mol. The van der Waals surface area contributed by atoms with E-state index in [2.05, 4.69) is 14.8 Å². The molecule has 0 unspecified atom stereocenters. The molecule has 1 aromatic rings. The van der Waals surface area contributed by atoms with E-state index in [0.29, 0.717) is 6.42 Å². The van der Waals surface area contributed by atoms with Crippen molar-refractivity contribution in [3.05, 3.63) is 23.8 Å². The molecule has 0 aliphatic carbocycles. The normalized spacial score (nSPS) is 13.4. The van der Waals surface area contributed by atoms with Gasteiger partial charge in [0.2, 0.25) is 0 Å². The SMILES string of the molecule is CC(C)C[C@@H](C)NC(=O)c1cc(OCC(F)(F)F)ccc1OCC(F)(F)F. The van der Waals surface area contributed by atoms with Crippen LogP contribution in [-0.4, -0.2) is 37.5 Å². The van der Waals surface area contributed by atoms with Crippen molar-refractivity contribution in [3.8, 4) is 11.5 Å². The molecule has 0 aliphatic heterocycles. The highest BCUT2D eigenvalue weighted by Crippen LogP contribution is 2.28. The monoisotopic (exact) mass is 401 g/mol. The number of alkyl halides is 6. The van der Waals surface area contributed by atoms with Crippen molar-refractivity contribution < 1.29 is 40.6 Å². The van der Waals surface area contributed by atoms with Gasteiger partial charge in [-0.1, -0.05) is 13.8 Å². The maximum absolute atomic E-state index is 12.4. The molecule has 0 bridgehead atoms. The number of carbonyl (C=O) groups excluding carboxylic acids is 1. The molecule has 0 fully saturated rings. The lowest BCUT2D eigenvalue weighted by Gasteiger charge is -2.19. The van der Waals surface area contributed by atoms with E-state index in [4.69, 9.17) is 0 Å². The van der Waals surface area contributed by atoms with Crippen LogP contribution in [0.2, 0.25) is 0 Å². The zero-order chi connectivity index (χ0) is 20.8. The molecular formula is C17H21F6NO3. The first-order valence-corrected chi connectivity index (χ1v) is 8.11. The van der Waals surface area contributed by atoms with Gasteiger partial charge in [-0.2, -0.15) is 26.3 Å². The Morgan fingerprint density at radius 2 is 1.56 bits per heavy atom. The zero-order valence-electron chi connectivity index (χ0n) is 15.0. The molecule has 1 aromatic carbocycles. The first-order valence-electron chi connectivity index (χ1n) is 8.11. The molecular weight excluding hydrogens is 380 g/mol. The van der Waals surface area contributed by atoms with E-state index in [0.717, 1.165) is 18.2 Å². The summed E-state index contributed by atoms with van der Waals surface area (Å²) in [6.45, 7) is 2.31. The lowest BCUT2D eigenvalue weighted by Crippen LogP contribution is -2.34. The second kappa shape index (κ2) is 9.18. The van der Waals surface area contributed by atoms with Crippen molar-refractivity contribution in [1.29, 1.82) is 0 Å². The molecule has 27 heavy (non-hydrogen) atoms. The zero-order valence-corrected chi connectivity index (χ0v) is 15.0. The molecule has 0 spiro atoms. The minimum Gasteiger partial charge on any atom is -0.484 e. The quantitative estimate of drug-likeness (QED) is 0.641. The summed E-state index contributed by atoms with van der Waals surface area (Å²) in [5.74, 6) is -1.23. The molecule has 1 rings (SSSR count). The number of ether oxygens (including phenoxy) is 2. The van der Waals surface area contributed by atoms with Gasteiger partial charge in [-0.25, -0.2) is 0 Å². The maximum Gasteiger partial charge on any atom is 0.422 e. The first-order chi connectivity index (χ1) is 12.3. The largest absolute Gasteiger partial charge is 0.484 e. The Labute approximate surface area is 152 Å². The molecule has 0 radical (unpaired) electrons. The van der Waals surface area contributed by atoms with Crippen LogP contribution in [0.1, 0.15) is 37.6 Å². The van der Waals surface area contributed by atoms with Gasteiger partial charge in [0, 0.05) is 6.04 Å². The summed E-state index contributed by atoms with van der Waals surface area (Å²) in [5, 5.41) is 2.59. The Morgan fingerprint density at radius 1 is 1.00 bits per heavy atom. The third-order valence-corrected chi connectivity index (χ3v) is 3.19. The van der Waals surface area contributed by atoms with Crippen LogP contribution >= 0.6 is 0 Å². The standard InChI is InChI=1S/C17H21F6NO3/c1-10(2)6-11(3)24-15(25)13-7-12(26-8-16(18,19)20)4-5-14(13)27-9-17(21,22)23/h4-5,7,10-11H,6,8-9H2,1-3H3,(H,24,25)/t11-/m1/s1. The smallest absolute Gasteiger partial charge is 0.422 e. The highest BCUT2D eigenvalue weighted by molar-refractivity contribution is 5.97. The molecule has 154 valence electrons. The first kappa shape index (κ1) is 22.9. The molecule has 0 heterocycles. The van der Waals surface area contributed by atoms with Gasteiger partial charge in [0.05, 0.1) is 5.56 Å². The van der Waals surface area contributed by atoms with Gasteiger partial charge in [0.25, 0.3) is 5.91 Å². The molecule has 0 aliphatic rings. The van der Waals surface area contributed by atoms with Crippen LogP contribution in [0.5, 0.6) is 11.5 Å². The van der Waals surface area contributed by atoms with Crippen LogP contribution < -0.4 is 14.8 Å². The van der Waals surface area contributed by atoms with E-state index in [9.17, 15) is 31.1 Å². The minimum absolute atomic E-state index is 0.253. The summed E-state index contributed by atoms with van der Waals surface area (Å²) in [4.78, 5) is 12.4. The number of amides is 1. The fourth-order valence-corrected chi connectivity index (χ4v) is 2.29. The van der Waals surface area contributed by atoms with E-state index >= 15 is 0 Å². The lowest BCUT2D eigenvalue weighted by atomic mass is 10.0. The van der Waals surface area contributed by atoms with Crippen LogP contribution in [0.4, 0.5) is 26.3 Å². The fourth-order valence-electron chi connectivity index (χ4n) is 2.29. The summed E-state index contributed by atoms with van der Waals surface area (Å²) < 4.78 is 83.1. The van der Waals surface area contributed by atoms with Gasteiger partial charge in [0.1, 0.15) is 11.5 Å². The van der Waals surface area contributed by atoms with Crippen molar-refractivity contribution in [2.75, 3.05) is 13.2 Å². The van der Waals surface area contributed by atoms with Gasteiger partial charge in [-0.15, -0.1) is 0 Å². The number of halogens is 6. The van der Waals surface area contributed by atoms with Gasteiger partial charge in [-0.3, -0.25) is 4.79 Å². The van der Waals surface area contributed by atoms with Crippen LogP contribution in [0, 0.1) is 5.92 Å². The molecule has 4 nitrogen and oxygen atoms in total. The van der Waals surface area contributed by atoms with Gasteiger partial charge in [-0.05, 0) is 37.5 Å². The minimum atomic E-state index is -4.63. The Kier molecular flexibility index (Phi) is 7.79. The summed E-state index contributed by atoms with van der Waals surface area (Å²) in [6.07, 6.45) is -8.63. The van der Waals surface area contributed by atoms with E-state index in [1.165, 1.54) is 0 Å². The van der Waals surface area contributed by atoms with Crippen LogP contribution in [0.15, 0.2) is 18.2 Å². The maximum atomic E-state index is 12.4. The lowest BCUT2D eigenvalue weighted by molar-refractivity contribution is -0.154. The van der Waals surface area contributed by atoms with Crippen LogP contribution in [0.3, 0.4) is 0 Å². The number of rotatable bonds is 8. The molecule has 0 saturated carbocycles. The highest BCUT2D eigenvalue weighted by Gasteiger charge is 2.30. The predicted molar refractivity (Wildman–Crippen MR) is 85.9 cm³/mol. The molecule has 0 aromatic heterocycles. The topological polar surface area (TPSA) is 47.6 Å². The Bertz CT molecular complexity index is 628. The number of nitrogens with one attached hydrogen (secondary N) is 1. The Morgan fingerprint density at radius 3 is 2.07 bits per heavy atom. The average Bonchev–Trinajstić information content (AvgIpc) is 2.48. The summed E-state index contributed by atoms with van der Waals surface area (Å²) >= 11 is 0. The fraction of sp³-hybridized carbons (Fsp3) is 0.588. The summed E-state index contributed by atoms with van der Waals surface area (Å²) in [6, 6.07) is 2.60. The second-order valence-electron chi connectivity index (χ2n) is 6.47. The third kappa shape index (κ3) is 9.39. The second-order valence-corrected chi connectivity index (χ2v) is 6.47. The van der Waals surface area contributed by atoms with Crippen molar-refractivity contribution in [2.45, 2.75) is 45.6 Å². The van der Waals surface area contributed by atoms with Gasteiger partial charge < -0.3 is 14.8 Å². The number of carbonyl (C=O) groups is 1. The molecule has 10 heteroatoms. The van der Waals surface area contributed by atoms with Crippen LogP contribution in [0.25, 0.3) is 0 Å². The number of hydrogen-bond donors (Lipinski definition) is 1. The predicted octanol–water partition coefficient (Wildman–Crippen LogP) is 4.73. The van der Waals surface area contributed by atoms with Crippen molar-refractivity contribution in [3.63, 3.8) is 0 Å². The number of hydrogen-bond acceptors (Lipinski definition) is 3. The summed E-state index contributed by atoms with van der Waals surface area (Å²) in [5.41, 5.74) is -0.338. The van der Waals surface area contributed by atoms with E-state index in [1.807, 2.05) is 13.8 Å². The van der Waals surface area contributed by atoms with Gasteiger partial charge in [0.15, 0.2) is 13.2 Å². The molecule has 1 N–H and O–H groups in total. The Balaban J connectivity index is 3.02. The van der Waals surface area contributed by atoms with Crippen LogP contribution in [-0.2, 0) is 0 Å². The highest BCUT2D eigenvalue weighted by atomic mass is 19.4.